The zero-order valence-corrected chi connectivity index (χ0v) is 15.2. The summed E-state index contributed by atoms with van der Waals surface area (Å²) in [6.07, 6.45) is 1.99. The summed E-state index contributed by atoms with van der Waals surface area (Å²) in [5.74, 6) is -3.93. The van der Waals surface area contributed by atoms with Crippen LogP contribution < -0.4 is 0 Å². The van der Waals surface area contributed by atoms with Gasteiger partial charge in [0.1, 0.15) is 0 Å². The average molecular weight is 388 g/mol. The number of halogens is 3. The Hall–Kier alpha value is -2.79. The molecule has 0 aliphatic heterocycles. The van der Waals surface area contributed by atoms with Crippen LogP contribution in [-0.4, -0.2) is 16.1 Å². The van der Waals surface area contributed by atoms with E-state index in [9.17, 15) is 18.7 Å². The molecule has 0 atom stereocenters. The summed E-state index contributed by atoms with van der Waals surface area (Å²) in [7, 11) is 0. The van der Waals surface area contributed by atoms with Crippen LogP contribution in [0.25, 0.3) is 11.3 Å². The number of nitrogens with zero attached hydrogens (tertiary/aromatic N) is 1. The quantitative estimate of drug-likeness (QED) is 0.601. The second kappa shape index (κ2) is 7.45. The number of pyridine rings is 1. The Morgan fingerprint density at radius 1 is 1.11 bits per heavy atom. The molecule has 6 heteroatoms. The molecule has 27 heavy (non-hydrogen) atoms. The highest BCUT2D eigenvalue weighted by molar-refractivity contribution is 6.30. The van der Waals surface area contributed by atoms with Crippen molar-refractivity contribution < 1.29 is 18.7 Å². The zero-order valence-electron chi connectivity index (χ0n) is 14.4. The first-order chi connectivity index (χ1) is 12.7. The van der Waals surface area contributed by atoms with Gasteiger partial charge in [-0.2, -0.15) is 0 Å². The van der Waals surface area contributed by atoms with E-state index >= 15 is 0 Å². The van der Waals surface area contributed by atoms with Crippen molar-refractivity contribution in [1.82, 2.24) is 4.98 Å². The average Bonchev–Trinajstić information content (AvgIpc) is 2.61. The van der Waals surface area contributed by atoms with Crippen LogP contribution in [0, 0.1) is 0 Å². The number of rotatable bonds is 5. The van der Waals surface area contributed by atoms with E-state index in [-0.39, 0.29) is 11.1 Å². The first-order valence-electron chi connectivity index (χ1n) is 8.19. The molecule has 0 bridgehead atoms. The molecule has 3 nitrogen and oxygen atoms in total. The van der Waals surface area contributed by atoms with Gasteiger partial charge in [-0.3, -0.25) is 4.98 Å². The van der Waals surface area contributed by atoms with E-state index in [1.165, 1.54) is 18.2 Å². The molecule has 1 N–H and O–H groups in total. The smallest absolute Gasteiger partial charge is 0.335 e. The fraction of sp³-hybridized carbons (Fsp3) is 0.143. The fourth-order valence-corrected chi connectivity index (χ4v) is 2.95. The lowest BCUT2D eigenvalue weighted by molar-refractivity contribution is 0.0174. The van der Waals surface area contributed by atoms with Crippen LogP contribution in [0.15, 0.2) is 60.8 Å². The highest BCUT2D eigenvalue weighted by atomic mass is 35.5. The summed E-state index contributed by atoms with van der Waals surface area (Å²) < 4.78 is 26.8. The summed E-state index contributed by atoms with van der Waals surface area (Å²) in [5, 5.41) is 9.77. The number of hydrogen-bond acceptors (Lipinski definition) is 2. The molecule has 138 valence electrons. The summed E-state index contributed by atoms with van der Waals surface area (Å²) in [6.45, 7) is 0.857. The molecular weight excluding hydrogens is 372 g/mol. The Bertz CT molecular complexity index is 982. The third-order valence-corrected chi connectivity index (χ3v) is 4.45. The van der Waals surface area contributed by atoms with Gasteiger partial charge >= 0.3 is 5.97 Å². The maximum Gasteiger partial charge on any atom is 0.335 e. The van der Waals surface area contributed by atoms with Gasteiger partial charge in [0.15, 0.2) is 0 Å². The standard InChI is InChI=1S/C21H16ClF2NO2/c1-21(23,24)16-6-2-13(3-7-16)10-14-4-5-15(20(26)27)11-18(14)19-12-17(22)8-9-25-19/h2-9,11-12H,10H2,1H3,(H,26,27). The Morgan fingerprint density at radius 3 is 2.41 bits per heavy atom. The van der Waals surface area contributed by atoms with E-state index in [4.69, 9.17) is 11.6 Å². The first-order valence-corrected chi connectivity index (χ1v) is 8.57. The largest absolute Gasteiger partial charge is 0.478 e. The van der Waals surface area contributed by atoms with Crippen LogP contribution in [0.3, 0.4) is 0 Å². The van der Waals surface area contributed by atoms with Crippen LogP contribution in [0.4, 0.5) is 8.78 Å². The second-order valence-corrected chi connectivity index (χ2v) is 6.73. The molecule has 0 amide bonds. The molecule has 0 aliphatic carbocycles. The van der Waals surface area contributed by atoms with Crippen molar-refractivity contribution >= 4 is 17.6 Å². The third kappa shape index (κ3) is 4.49. The maximum absolute atomic E-state index is 13.4. The minimum absolute atomic E-state index is 0.0517. The van der Waals surface area contributed by atoms with Gasteiger partial charge in [-0.1, -0.05) is 41.9 Å². The molecule has 1 heterocycles. The Labute approximate surface area is 160 Å². The minimum Gasteiger partial charge on any atom is -0.478 e. The van der Waals surface area contributed by atoms with E-state index in [1.54, 1.807) is 42.6 Å². The monoisotopic (exact) mass is 387 g/mol. The van der Waals surface area contributed by atoms with Gasteiger partial charge in [-0.25, -0.2) is 13.6 Å². The van der Waals surface area contributed by atoms with E-state index in [0.29, 0.717) is 22.7 Å². The summed E-state index contributed by atoms with van der Waals surface area (Å²) >= 11 is 6.04. The van der Waals surface area contributed by atoms with E-state index in [2.05, 4.69) is 4.98 Å². The third-order valence-electron chi connectivity index (χ3n) is 4.21. The second-order valence-electron chi connectivity index (χ2n) is 6.30. The number of carboxylic acid groups (broad SMARTS) is 1. The number of carboxylic acids is 1. The summed E-state index contributed by atoms with van der Waals surface area (Å²) in [4.78, 5) is 15.6. The van der Waals surface area contributed by atoms with E-state index in [0.717, 1.165) is 18.1 Å². The van der Waals surface area contributed by atoms with Gasteiger partial charge in [-0.05, 0) is 41.8 Å². The fourth-order valence-electron chi connectivity index (χ4n) is 2.79. The van der Waals surface area contributed by atoms with Crippen LogP contribution in [0.2, 0.25) is 5.02 Å². The Balaban J connectivity index is 2.01. The predicted molar refractivity (Wildman–Crippen MR) is 100 cm³/mol. The molecule has 3 aromatic rings. The Morgan fingerprint density at radius 2 is 1.81 bits per heavy atom. The minimum atomic E-state index is -2.89. The number of alkyl halides is 2. The molecule has 0 radical (unpaired) electrons. The number of benzene rings is 2. The molecular formula is C21H16ClF2NO2. The number of aromatic carboxylic acids is 1. The molecule has 0 saturated heterocycles. The van der Waals surface area contributed by atoms with Gasteiger partial charge in [0.25, 0.3) is 5.92 Å². The van der Waals surface area contributed by atoms with Crippen molar-refractivity contribution in [3.8, 4) is 11.3 Å². The van der Waals surface area contributed by atoms with Crippen LogP contribution in [0.5, 0.6) is 0 Å². The lowest BCUT2D eigenvalue weighted by atomic mass is 9.94. The van der Waals surface area contributed by atoms with E-state index < -0.39 is 11.9 Å². The molecule has 2 aromatic carbocycles. The van der Waals surface area contributed by atoms with Gasteiger partial charge in [-0.15, -0.1) is 0 Å². The molecule has 0 saturated carbocycles. The summed E-state index contributed by atoms with van der Waals surface area (Å²) in [5.41, 5.74) is 2.93. The predicted octanol–water partition coefficient (Wildman–Crippen LogP) is 5.80. The van der Waals surface area contributed by atoms with Crippen molar-refractivity contribution in [1.29, 1.82) is 0 Å². The van der Waals surface area contributed by atoms with Crippen LogP contribution >= 0.6 is 11.6 Å². The number of aromatic nitrogens is 1. The van der Waals surface area contributed by atoms with Crippen molar-refractivity contribution in [2.24, 2.45) is 0 Å². The Kier molecular flexibility index (Phi) is 5.24. The van der Waals surface area contributed by atoms with Crippen molar-refractivity contribution in [3.63, 3.8) is 0 Å². The van der Waals surface area contributed by atoms with Gasteiger partial charge < -0.3 is 5.11 Å². The SMILES string of the molecule is CC(F)(F)c1ccc(Cc2ccc(C(=O)O)cc2-c2cc(Cl)ccn2)cc1. The normalized spacial score (nSPS) is 11.4. The molecule has 0 unspecified atom stereocenters. The van der Waals surface area contributed by atoms with Gasteiger partial charge in [0.05, 0.1) is 11.3 Å². The molecule has 0 aliphatic rings. The van der Waals surface area contributed by atoms with Crippen LogP contribution in [-0.2, 0) is 12.3 Å². The number of carbonyl (C=O) groups is 1. The lowest BCUT2D eigenvalue weighted by Gasteiger charge is -2.13. The maximum atomic E-state index is 13.4. The van der Waals surface area contributed by atoms with Crippen molar-refractivity contribution in [3.05, 3.63) is 88.1 Å². The first kappa shape index (κ1) is 19.0. The molecule has 0 fully saturated rings. The highest BCUT2D eigenvalue weighted by Crippen LogP contribution is 2.30. The van der Waals surface area contributed by atoms with Crippen LogP contribution in [0.1, 0.15) is 34.0 Å². The lowest BCUT2D eigenvalue weighted by Crippen LogP contribution is -2.06. The van der Waals surface area contributed by atoms with E-state index in [1.807, 2.05) is 0 Å². The van der Waals surface area contributed by atoms with Crippen molar-refractivity contribution in [2.45, 2.75) is 19.3 Å². The van der Waals surface area contributed by atoms with Gasteiger partial charge in [0.2, 0.25) is 0 Å². The highest BCUT2D eigenvalue weighted by Gasteiger charge is 2.23. The topological polar surface area (TPSA) is 50.2 Å². The van der Waals surface area contributed by atoms with Gasteiger partial charge in [0, 0.05) is 29.3 Å². The zero-order chi connectivity index (χ0) is 19.6. The number of hydrogen-bond donors (Lipinski definition) is 1. The molecule has 0 spiro atoms. The molecule has 1 aromatic heterocycles. The summed E-state index contributed by atoms with van der Waals surface area (Å²) in [6, 6.07) is 14.2. The molecule has 3 rings (SSSR count). The van der Waals surface area contributed by atoms with Crippen molar-refractivity contribution in [2.75, 3.05) is 0 Å².